The van der Waals surface area contributed by atoms with Crippen LogP contribution >= 0.6 is 0 Å². The number of carbonyl (C=O) groups is 1. The number of benzene rings is 2. The van der Waals surface area contributed by atoms with E-state index in [9.17, 15) is 9.90 Å². The zero-order valence-electron chi connectivity index (χ0n) is 22.5. The van der Waals surface area contributed by atoms with Gasteiger partial charge in [-0.25, -0.2) is 0 Å². The molecule has 3 aromatic rings. The summed E-state index contributed by atoms with van der Waals surface area (Å²) >= 11 is 0. The van der Waals surface area contributed by atoms with E-state index >= 15 is 0 Å². The van der Waals surface area contributed by atoms with Gasteiger partial charge in [-0.15, -0.1) is 0 Å². The van der Waals surface area contributed by atoms with Crippen molar-refractivity contribution in [1.29, 1.82) is 0 Å². The average molecular weight is 523 g/mol. The molecule has 0 spiro atoms. The smallest absolute Gasteiger partial charge is 0.258 e. The molecule has 0 bridgehead atoms. The summed E-state index contributed by atoms with van der Waals surface area (Å²) in [7, 11) is 0. The van der Waals surface area contributed by atoms with E-state index in [0.717, 1.165) is 48.3 Å². The second-order valence-corrected chi connectivity index (χ2v) is 9.86. The molecule has 3 N–H and O–H groups in total. The first-order valence-corrected chi connectivity index (χ1v) is 13.4. The van der Waals surface area contributed by atoms with Crippen molar-refractivity contribution in [2.75, 3.05) is 32.8 Å². The summed E-state index contributed by atoms with van der Waals surface area (Å²) in [5, 5.41) is 25.6. The van der Waals surface area contributed by atoms with Gasteiger partial charge in [0.05, 0.1) is 0 Å². The summed E-state index contributed by atoms with van der Waals surface area (Å²) in [6.07, 6.45) is 3.28. The molecule has 1 amide bonds. The number of ether oxygens (including phenoxy) is 1. The van der Waals surface area contributed by atoms with Crippen LogP contribution in [-0.2, 0) is 24.2 Å². The largest absolute Gasteiger partial charge is 0.490 e. The number of hydrogen-bond donors (Lipinski definition) is 3. The van der Waals surface area contributed by atoms with Gasteiger partial charge in [0.25, 0.3) is 5.89 Å². The predicted molar refractivity (Wildman–Crippen MR) is 145 cm³/mol. The van der Waals surface area contributed by atoms with Crippen molar-refractivity contribution in [2.24, 2.45) is 0 Å². The quantitative estimate of drug-likeness (QED) is 0.331. The number of likely N-dealkylation sites (tertiary alicyclic amines) is 1. The number of aliphatic hydroxyl groups excluding tert-OH is 2. The Balaban J connectivity index is 1.51. The van der Waals surface area contributed by atoms with Crippen LogP contribution in [0, 0.1) is 6.92 Å². The van der Waals surface area contributed by atoms with Gasteiger partial charge >= 0.3 is 0 Å². The van der Waals surface area contributed by atoms with Gasteiger partial charge in [0.15, 0.2) is 0 Å². The van der Waals surface area contributed by atoms with Crippen LogP contribution in [-0.4, -0.2) is 70.1 Å². The van der Waals surface area contributed by atoms with Crippen LogP contribution < -0.4 is 10.1 Å². The van der Waals surface area contributed by atoms with Crippen LogP contribution in [0.1, 0.15) is 48.9 Å². The first-order chi connectivity index (χ1) is 18.4. The zero-order chi connectivity index (χ0) is 27.1. The maximum Gasteiger partial charge on any atom is 0.258 e. The second-order valence-electron chi connectivity index (χ2n) is 9.86. The lowest BCUT2D eigenvalue weighted by atomic mass is 10.0. The molecule has 2 aromatic carbocycles. The van der Waals surface area contributed by atoms with E-state index in [2.05, 4.69) is 40.5 Å². The Hall–Kier alpha value is -3.27. The van der Waals surface area contributed by atoms with Gasteiger partial charge in [-0.1, -0.05) is 25.1 Å². The van der Waals surface area contributed by atoms with Crippen LogP contribution in [0.4, 0.5) is 0 Å². The van der Waals surface area contributed by atoms with Crippen LogP contribution in [0.25, 0.3) is 22.8 Å². The average Bonchev–Trinajstić information content (AvgIpc) is 3.63. The fourth-order valence-corrected chi connectivity index (χ4v) is 4.81. The van der Waals surface area contributed by atoms with E-state index in [-0.39, 0.29) is 13.2 Å². The van der Waals surface area contributed by atoms with Crippen molar-refractivity contribution in [3.63, 3.8) is 0 Å². The molecule has 9 nitrogen and oxygen atoms in total. The Morgan fingerprint density at radius 3 is 2.58 bits per heavy atom. The Morgan fingerprint density at radius 1 is 1.11 bits per heavy atom. The molecule has 0 saturated carbocycles. The van der Waals surface area contributed by atoms with E-state index < -0.39 is 18.6 Å². The molecule has 1 atom stereocenters. The molecule has 1 aliphatic rings. The lowest BCUT2D eigenvalue weighted by molar-refractivity contribution is -0.124. The van der Waals surface area contributed by atoms with E-state index in [1.807, 2.05) is 26.0 Å². The zero-order valence-corrected chi connectivity index (χ0v) is 22.5. The maximum absolute atomic E-state index is 11.2. The molecule has 2 heterocycles. The summed E-state index contributed by atoms with van der Waals surface area (Å²) in [5.41, 5.74) is 6.13. The van der Waals surface area contributed by atoms with Gasteiger partial charge < -0.3 is 24.8 Å². The number of aliphatic hydroxyl groups is 2. The molecular weight excluding hydrogens is 484 g/mol. The first-order valence-electron chi connectivity index (χ1n) is 13.4. The molecule has 1 fully saturated rings. The molecule has 0 aliphatic carbocycles. The Kier molecular flexibility index (Phi) is 9.49. The monoisotopic (exact) mass is 522 g/mol. The molecule has 38 heavy (non-hydrogen) atoms. The number of hydrogen-bond acceptors (Lipinski definition) is 8. The van der Waals surface area contributed by atoms with Crippen molar-refractivity contribution < 1.29 is 24.3 Å². The summed E-state index contributed by atoms with van der Waals surface area (Å²) in [5.74, 6) is 1.17. The molecule has 0 radical (unpaired) electrons. The highest BCUT2D eigenvalue weighted by Crippen LogP contribution is 2.32. The van der Waals surface area contributed by atoms with Gasteiger partial charge in [-0.2, -0.15) is 4.98 Å². The fourth-order valence-electron chi connectivity index (χ4n) is 4.81. The number of rotatable bonds is 12. The van der Waals surface area contributed by atoms with Gasteiger partial charge in [-0.3, -0.25) is 9.69 Å². The molecule has 9 heteroatoms. The third-order valence-corrected chi connectivity index (χ3v) is 6.83. The predicted octanol–water partition coefficient (Wildman–Crippen LogP) is 3.28. The van der Waals surface area contributed by atoms with Gasteiger partial charge in [0, 0.05) is 24.2 Å². The van der Waals surface area contributed by atoms with Crippen LogP contribution in [0.15, 0.2) is 34.9 Å². The van der Waals surface area contributed by atoms with Gasteiger partial charge in [0.1, 0.15) is 25.1 Å². The summed E-state index contributed by atoms with van der Waals surface area (Å²) in [4.78, 5) is 18.4. The van der Waals surface area contributed by atoms with Gasteiger partial charge in [-0.05, 0) is 92.2 Å². The molecule has 1 aromatic heterocycles. The Morgan fingerprint density at radius 2 is 1.87 bits per heavy atom. The minimum atomic E-state index is -0.900. The summed E-state index contributed by atoms with van der Waals surface area (Å²) in [6.45, 7) is 8.75. The molecule has 1 aliphatic heterocycles. The number of aryl methyl sites for hydroxylation is 3. The standard InChI is InChI=1S/C29H38N4O5/c1-4-20-11-21(16-33-8-6-7-9-33)13-24(12-20)29-31-28(32-38-29)23-10-19(3)27(22(5-2)14-23)37-18-25(35)15-30-26(36)17-34/h10-14,25,34-35H,4-9,15-18H2,1-3H3,(H,30,36)/t25-/m0/s1. The lowest BCUT2D eigenvalue weighted by Crippen LogP contribution is -2.36. The van der Waals surface area contributed by atoms with Crippen molar-refractivity contribution in [2.45, 2.75) is 59.1 Å². The topological polar surface area (TPSA) is 121 Å². The van der Waals surface area contributed by atoms with Crippen LogP contribution in [0.5, 0.6) is 5.75 Å². The third-order valence-electron chi connectivity index (χ3n) is 6.83. The summed E-state index contributed by atoms with van der Waals surface area (Å²) in [6, 6.07) is 10.5. The SMILES string of the molecule is CCc1cc(CN2CCCC2)cc(-c2nc(-c3cc(C)c(OC[C@@H](O)CNC(=O)CO)c(CC)c3)no2)c1. The second kappa shape index (κ2) is 13.0. The van der Waals surface area contributed by atoms with E-state index in [1.54, 1.807) is 0 Å². The third kappa shape index (κ3) is 6.98. The van der Waals surface area contributed by atoms with Crippen LogP contribution in [0.2, 0.25) is 0 Å². The van der Waals surface area contributed by atoms with Crippen molar-refractivity contribution in [1.82, 2.24) is 20.4 Å². The number of nitrogens with zero attached hydrogens (tertiary/aromatic N) is 3. The summed E-state index contributed by atoms with van der Waals surface area (Å²) < 4.78 is 11.6. The normalized spacial score (nSPS) is 14.6. The molecule has 1 saturated heterocycles. The first kappa shape index (κ1) is 27.8. The molecule has 204 valence electrons. The number of nitrogens with one attached hydrogen (secondary N) is 1. The Labute approximate surface area is 223 Å². The molecule has 0 unspecified atom stereocenters. The van der Waals surface area contributed by atoms with Crippen molar-refractivity contribution in [3.05, 3.63) is 52.6 Å². The highest BCUT2D eigenvalue weighted by Gasteiger charge is 2.18. The van der Waals surface area contributed by atoms with E-state index in [0.29, 0.717) is 23.9 Å². The number of aromatic nitrogens is 2. The van der Waals surface area contributed by atoms with E-state index in [1.165, 1.54) is 24.0 Å². The van der Waals surface area contributed by atoms with E-state index in [4.69, 9.17) is 19.4 Å². The molecule has 4 rings (SSSR count). The lowest BCUT2D eigenvalue weighted by Gasteiger charge is -2.17. The fraction of sp³-hybridized carbons (Fsp3) is 0.483. The van der Waals surface area contributed by atoms with Crippen LogP contribution in [0.3, 0.4) is 0 Å². The Bertz CT molecular complexity index is 1240. The van der Waals surface area contributed by atoms with Crippen molar-refractivity contribution in [3.8, 4) is 28.6 Å². The highest BCUT2D eigenvalue weighted by atomic mass is 16.5. The maximum atomic E-state index is 11.2. The highest BCUT2D eigenvalue weighted by molar-refractivity contribution is 5.76. The van der Waals surface area contributed by atoms with Crippen molar-refractivity contribution >= 4 is 5.91 Å². The minimum Gasteiger partial charge on any atom is -0.490 e. The molecular formula is C29H38N4O5. The number of carbonyl (C=O) groups excluding carboxylic acids is 1. The minimum absolute atomic E-state index is 0.00258. The van der Waals surface area contributed by atoms with Gasteiger partial charge in [0.2, 0.25) is 11.7 Å². The number of amides is 1.